The summed E-state index contributed by atoms with van der Waals surface area (Å²) < 4.78 is 26.7. The molecule has 0 radical (unpaired) electrons. The second-order valence-electron chi connectivity index (χ2n) is 4.37. The van der Waals surface area contributed by atoms with Crippen molar-refractivity contribution < 1.29 is 23.8 Å². The number of nitrogens with one attached hydrogen (secondary N) is 1. The van der Waals surface area contributed by atoms with Crippen LogP contribution in [0, 0.1) is 11.6 Å². The number of rotatable bonds is 2. The number of fused-ring (bicyclic) bond motifs is 1. The molecule has 3 N–H and O–H groups in total. The Hall–Kier alpha value is -2.96. The number of nitrogens with zero attached hydrogens (tertiary/aromatic N) is 1. The molecule has 7 heteroatoms. The first-order valence-electron chi connectivity index (χ1n) is 5.88. The van der Waals surface area contributed by atoms with Gasteiger partial charge in [0.15, 0.2) is 0 Å². The van der Waals surface area contributed by atoms with E-state index >= 15 is 0 Å². The third-order valence-electron chi connectivity index (χ3n) is 3.04. The molecular formula is C14H8F2N2O3. The number of benzene rings is 2. The van der Waals surface area contributed by atoms with Crippen LogP contribution in [0.1, 0.15) is 10.4 Å². The van der Waals surface area contributed by atoms with Gasteiger partial charge >= 0.3 is 5.97 Å². The minimum Gasteiger partial charge on any atom is -0.506 e. The molecular weight excluding hydrogens is 282 g/mol. The lowest BCUT2D eigenvalue weighted by Gasteiger charge is -1.98. The Bertz CT molecular complexity index is 874. The number of H-pyrrole nitrogens is 1. The van der Waals surface area contributed by atoms with Crippen molar-refractivity contribution in [3.8, 4) is 17.1 Å². The van der Waals surface area contributed by atoms with Crippen LogP contribution in [0.5, 0.6) is 5.75 Å². The summed E-state index contributed by atoms with van der Waals surface area (Å²) in [5.74, 6) is -3.01. The predicted molar refractivity (Wildman–Crippen MR) is 70.1 cm³/mol. The summed E-state index contributed by atoms with van der Waals surface area (Å²) in [6, 6.07) is 5.34. The molecule has 1 aromatic heterocycles. The molecule has 2 aromatic carbocycles. The first-order chi connectivity index (χ1) is 9.97. The Morgan fingerprint density at radius 3 is 2.62 bits per heavy atom. The van der Waals surface area contributed by atoms with Crippen molar-refractivity contribution >= 4 is 17.0 Å². The van der Waals surface area contributed by atoms with Crippen LogP contribution >= 0.6 is 0 Å². The van der Waals surface area contributed by atoms with Crippen LogP contribution in [-0.2, 0) is 0 Å². The lowest BCUT2D eigenvalue weighted by atomic mass is 10.2. The second-order valence-corrected chi connectivity index (χ2v) is 4.37. The first-order valence-corrected chi connectivity index (χ1v) is 5.88. The smallest absolute Gasteiger partial charge is 0.337 e. The number of hydrogen-bond acceptors (Lipinski definition) is 3. The number of aromatic carboxylic acids is 1. The van der Waals surface area contributed by atoms with E-state index in [2.05, 4.69) is 9.97 Å². The van der Waals surface area contributed by atoms with E-state index in [9.17, 15) is 18.7 Å². The highest BCUT2D eigenvalue weighted by Crippen LogP contribution is 2.30. The molecule has 0 aliphatic carbocycles. The molecule has 0 saturated heterocycles. The molecule has 3 aromatic rings. The van der Waals surface area contributed by atoms with Gasteiger partial charge in [-0.25, -0.2) is 18.6 Å². The minimum absolute atomic E-state index is 0.00113. The third kappa shape index (κ3) is 2.08. The highest BCUT2D eigenvalue weighted by molar-refractivity contribution is 6.03. The molecule has 21 heavy (non-hydrogen) atoms. The highest BCUT2D eigenvalue weighted by Gasteiger charge is 2.18. The zero-order valence-corrected chi connectivity index (χ0v) is 10.4. The number of carboxylic acids is 1. The number of phenolic OH excluding ortho intramolecular Hbond substituents is 1. The Labute approximate surface area is 116 Å². The maximum Gasteiger partial charge on any atom is 0.337 e. The van der Waals surface area contributed by atoms with Crippen molar-refractivity contribution in [2.75, 3.05) is 0 Å². The molecule has 0 bridgehead atoms. The molecule has 0 aliphatic heterocycles. The number of aromatic hydroxyl groups is 1. The quantitative estimate of drug-likeness (QED) is 0.677. The van der Waals surface area contributed by atoms with E-state index < -0.39 is 17.6 Å². The number of phenols is 1. The van der Waals surface area contributed by atoms with E-state index in [1.54, 1.807) is 0 Å². The number of carboxylic acid groups (broad SMARTS) is 1. The van der Waals surface area contributed by atoms with E-state index in [0.717, 1.165) is 6.07 Å². The number of aromatic nitrogens is 2. The van der Waals surface area contributed by atoms with Crippen molar-refractivity contribution in [1.82, 2.24) is 9.97 Å². The van der Waals surface area contributed by atoms with Gasteiger partial charge in [-0.2, -0.15) is 0 Å². The lowest BCUT2D eigenvalue weighted by molar-refractivity contribution is 0.0699. The summed E-state index contributed by atoms with van der Waals surface area (Å²) in [5, 5.41) is 18.8. The zero-order valence-electron chi connectivity index (χ0n) is 10.4. The van der Waals surface area contributed by atoms with E-state index in [4.69, 9.17) is 5.11 Å². The maximum absolute atomic E-state index is 13.7. The maximum atomic E-state index is 13.7. The summed E-state index contributed by atoms with van der Waals surface area (Å²) in [6.07, 6.45) is 0. The molecule has 0 unspecified atom stereocenters. The van der Waals surface area contributed by atoms with E-state index in [-0.39, 0.29) is 33.7 Å². The van der Waals surface area contributed by atoms with Crippen molar-refractivity contribution in [3.63, 3.8) is 0 Å². The van der Waals surface area contributed by atoms with Gasteiger partial charge in [0.05, 0.1) is 11.1 Å². The highest BCUT2D eigenvalue weighted by atomic mass is 19.1. The van der Waals surface area contributed by atoms with Gasteiger partial charge in [0.2, 0.25) is 0 Å². The number of aromatic amines is 1. The Morgan fingerprint density at radius 2 is 1.95 bits per heavy atom. The van der Waals surface area contributed by atoms with Crippen LogP contribution in [0.4, 0.5) is 8.78 Å². The summed E-state index contributed by atoms with van der Waals surface area (Å²) in [5.41, 5.74) is -0.0778. The SMILES string of the molecule is O=C(O)c1ccc(O)c2[nH]c(-c3ccc(F)cc3F)nc12. The number of imidazole rings is 1. The number of hydrogen-bond donors (Lipinski definition) is 3. The molecule has 1 heterocycles. The number of carbonyl (C=O) groups is 1. The molecule has 106 valence electrons. The first kappa shape index (κ1) is 13.0. The summed E-state index contributed by atoms with van der Waals surface area (Å²) in [4.78, 5) is 17.8. The van der Waals surface area contributed by atoms with Crippen LogP contribution in [0.3, 0.4) is 0 Å². The van der Waals surface area contributed by atoms with Crippen LogP contribution in [-0.4, -0.2) is 26.2 Å². The second kappa shape index (κ2) is 4.55. The van der Waals surface area contributed by atoms with E-state index in [1.807, 2.05) is 0 Å². The van der Waals surface area contributed by atoms with Crippen LogP contribution in [0.25, 0.3) is 22.4 Å². The van der Waals surface area contributed by atoms with E-state index in [1.165, 1.54) is 18.2 Å². The molecule has 5 nitrogen and oxygen atoms in total. The Morgan fingerprint density at radius 1 is 1.19 bits per heavy atom. The summed E-state index contributed by atoms with van der Waals surface area (Å²) >= 11 is 0. The Kier molecular flexibility index (Phi) is 2.83. The monoisotopic (exact) mass is 290 g/mol. The molecule has 0 atom stereocenters. The van der Waals surface area contributed by atoms with Crippen molar-refractivity contribution in [1.29, 1.82) is 0 Å². The van der Waals surface area contributed by atoms with Gasteiger partial charge < -0.3 is 15.2 Å². The lowest BCUT2D eigenvalue weighted by Crippen LogP contribution is -1.97. The van der Waals surface area contributed by atoms with Gasteiger partial charge in [0, 0.05) is 6.07 Å². The molecule has 0 aliphatic rings. The average Bonchev–Trinajstić information content (AvgIpc) is 2.84. The van der Waals surface area contributed by atoms with Gasteiger partial charge in [0.1, 0.15) is 34.2 Å². The van der Waals surface area contributed by atoms with Gasteiger partial charge in [-0.15, -0.1) is 0 Å². The van der Waals surface area contributed by atoms with E-state index in [0.29, 0.717) is 6.07 Å². The molecule has 0 spiro atoms. The van der Waals surface area contributed by atoms with Crippen LogP contribution in [0.2, 0.25) is 0 Å². The molecule has 3 rings (SSSR count). The normalized spacial score (nSPS) is 11.0. The minimum atomic E-state index is -1.22. The fourth-order valence-electron chi connectivity index (χ4n) is 2.06. The van der Waals surface area contributed by atoms with Crippen molar-refractivity contribution in [2.45, 2.75) is 0 Å². The largest absolute Gasteiger partial charge is 0.506 e. The summed E-state index contributed by atoms with van der Waals surface area (Å²) in [6.45, 7) is 0. The van der Waals surface area contributed by atoms with Crippen LogP contribution in [0.15, 0.2) is 30.3 Å². The average molecular weight is 290 g/mol. The summed E-state index contributed by atoms with van der Waals surface area (Å²) in [7, 11) is 0. The van der Waals surface area contributed by atoms with Gasteiger partial charge in [0.25, 0.3) is 0 Å². The van der Waals surface area contributed by atoms with Gasteiger partial charge in [-0.1, -0.05) is 0 Å². The molecule has 0 fully saturated rings. The fourth-order valence-corrected chi connectivity index (χ4v) is 2.06. The predicted octanol–water partition coefficient (Wildman–Crippen LogP) is 2.91. The van der Waals surface area contributed by atoms with Gasteiger partial charge in [-0.05, 0) is 24.3 Å². The topological polar surface area (TPSA) is 86.2 Å². The van der Waals surface area contributed by atoms with Crippen molar-refractivity contribution in [3.05, 3.63) is 47.5 Å². The molecule has 0 saturated carbocycles. The van der Waals surface area contributed by atoms with Crippen LogP contribution < -0.4 is 0 Å². The zero-order chi connectivity index (χ0) is 15.1. The standard InChI is InChI=1S/C14H8F2N2O3/c15-6-1-2-7(9(16)5-6)13-17-11-8(14(20)21)3-4-10(19)12(11)18-13/h1-5,19H,(H,17,18)(H,20,21). The fraction of sp³-hybridized carbons (Fsp3) is 0. The van der Waals surface area contributed by atoms with Gasteiger partial charge in [-0.3, -0.25) is 0 Å². The molecule has 0 amide bonds. The number of halogens is 2. The van der Waals surface area contributed by atoms with Crippen molar-refractivity contribution in [2.24, 2.45) is 0 Å². The third-order valence-corrected chi connectivity index (χ3v) is 3.04. The Balaban J connectivity index is 2.28.